The van der Waals surface area contributed by atoms with Gasteiger partial charge in [-0.3, -0.25) is 19.3 Å². The number of nitrogens with zero attached hydrogens (tertiary/aromatic N) is 2. The number of carbonyl (C=O) groups is 3. The van der Waals surface area contributed by atoms with Crippen molar-refractivity contribution in [2.24, 2.45) is 5.92 Å². The Morgan fingerprint density at radius 1 is 1.00 bits per heavy atom. The van der Waals surface area contributed by atoms with Gasteiger partial charge in [0.15, 0.2) is 11.5 Å². The molecule has 0 radical (unpaired) electrons. The Morgan fingerprint density at radius 3 is 2.23 bits per heavy atom. The Labute approximate surface area is 209 Å². The lowest BCUT2D eigenvalue weighted by atomic mass is 9.88. The number of hydrogen-bond acceptors (Lipinski definition) is 5. The van der Waals surface area contributed by atoms with Crippen molar-refractivity contribution in [2.45, 2.75) is 26.8 Å². The molecule has 4 rings (SSSR count). The zero-order valence-corrected chi connectivity index (χ0v) is 21.2. The van der Waals surface area contributed by atoms with Crippen LogP contribution in [0.15, 0.2) is 72.0 Å². The van der Waals surface area contributed by atoms with Gasteiger partial charge in [0.25, 0.3) is 11.8 Å². The highest BCUT2D eigenvalue weighted by atomic mass is 32.1. The number of hydrogen-bond donors (Lipinski definition) is 1. The maximum absolute atomic E-state index is 13.4. The number of ketones is 1. The van der Waals surface area contributed by atoms with Gasteiger partial charge in [-0.1, -0.05) is 44.2 Å². The number of anilines is 1. The zero-order chi connectivity index (χ0) is 25.4. The summed E-state index contributed by atoms with van der Waals surface area (Å²) in [6.07, 6.45) is 0. The minimum Gasteiger partial charge on any atom is -0.503 e. The zero-order valence-electron chi connectivity index (χ0n) is 20.4. The molecule has 1 unspecified atom stereocenters. The van der Waals surface area contributed by atoms with Gasteiger partial charge in [-0.25, -0.2) is 0 Å². The maximum Gasteiger partial charge on any atom is 0.294 e. The lowest BCUT2D eigenvalue weighted by Gasteiger charge is -2.29. The molecule has 2 amide bonds. The van der Waals surface area contributed by atoms with Crippen LogP contribution in [0.4, 0.5) is 5.69 Å². The third-order valence-corrected chi connectivity index (χ3v) is 7.11. The van der Waals surface area contributed by atoms with Crippen LogP contribution in [-0.4, -0.2) is 41.7 Å². The van der Waals surface area contributed by atoms with E-state index in [9.17, 15) is 19.5 Å². The average Bonchev–Trinajstić information content (AvgIpc) is 3.39. The highest BCUT2D eigenvalue weighted by molar-refractivity contribution is 7.15. The van der Waals surface area contributed by atoms with E-state index in [2.05, 4.69) is 12.1 Å². The summed E-state index contributed by atoms with van der Waals surface area (Å²) in [5, 5.41) is 10.9. The molecule has 3 aromatic rings. The van der Waals surface area contributed by atoms with Crippen LogP contribution in [-0.2, 0) is 9.59 Å². The molecule has 1 aromatic heterocycles. The summed E-state index contributed by atoms with van der Waals surface area (Å²) in [5.74, 6) is -2.26. The number of aliphatic hydroxyl groups is 1. The van der Waals surface area contributed by atoms with Gasteiger partial charge in [-0.15, -0.1) is 11.3 Å². The van der Waals surface area contributed by atoms with Crippen molar-refractivity contribution in [3.63, 3.8) is 0 Å². The first-order valence-corrected chi connectivity index (χ1v) is 12.2. The smallest absolute Gasteiger partial charge is 0.294 e. The van der Waals surface area contributed by atoms with Gasteiger partial charge in [-0.2, -0.15) is 0 Å². The van der Waals surface area contributed by atoms with Crippen LogP contribution in [0, 0.1) is 12.8 Å². The number of aliphatic hydroxyl groups excluding tert-OH is 1. The van der Waals surface area contributed by atoms with Crippen LogP contribution in [0.3, 0.4) is 0 Å². The van der Waals surface area contributed by atoms with E-state index in [0.717, 1.165) is 10.4 Å². The summed E-state index contributed by atoms with van der Waals surface area (Å²) in [6.45, 7) is 5.49. The number of aryl methyl sites for hydroxylation is 1. The van der Waals surface area contributed by atoms with Crippen LogP contribution < -0.4 is 4.90 Å². The summed E-state index contributed by atoms with van der Waals surface area (Å²) in [4.78, 5) is 44.8. The molecule has 2 heterocycles. The molecule has 1 aliphatic heterocycles. The van der Waals surface area contributed by atoms with Gasteiger partial charge in [0, 0.05) is 41.0 Å². The van der Waals surface area contributed by atoms with Gasteiger partial charge in [-0.05, 0) is 48.4 Å². The topological polar surface area (TPSA) is 77.9 Å². The predicted molar refractivity (Wildman–Crippen MR) is 139 cm³/mol. The molecule has 2 aromatic carbocycles. The van der Waals surface area contributed by atoms with E-state index in [1.165, 1.54) is 14.7 Å². The molecule has 1 atom stereocenters. The summed E-state index contributed by atoms with van der Waals surface area (Å²) >= 11 is 1.68. The summed E-state index contributed by atoms with van der Waals surface area (Å²) in [6, 6.07) is 17.5. The Hall–Kier alpha value is -3.71. The fourth-order valence-electron chi connectivity index (χ4n) is 4.28. The van der Waals surface area contributed by atoms with Crippen molar-refractivity contribution in [1.82, 2.24) is 4.90 Å². The molecule has 0 bridgehead atoms. The first kappa shape index (κ1) is 24.4. The van der Waals surface area contributed by atoms with Crippen molar-refractivity contribution in [2.75, 3.05) is 19.0 Å². The molecule has 0 aliphatic carbocycles. The van der Waals surface area contributed by atoms with Crippen LogP contribution >= 0.6 is 11.3 Å². The minimum atomic E-state index is -0.924. The third kappa shape index (κ3) is 4.39. The van der Waals surface area contributed by atoms with Crippen molar-refractivity contribution in [3.8, 4) is 10.4 Å². The monoisotopic (exact) mass is 488 g/mol. The van der Waals surface area contributed by atoms with Gasteiger partial charge in [0.05, 0.1) is 11.6 Å². The molecular formula is C28H28N2O4S. The molecular weight excluding hydrogens is 460 g/mol. The summed E-state index contributed by atoms with van der Waals surface area (Å²) in [5.41, 5.74) is 2.42. The second kappa shape index (κ2) is 9.50. The van der Waals surface area contributed by atoms with Crippen LogP contribution in [0.5, 0.6) is 0 Å². The number of amides is 2. The number of rotatable bonds is 6. The van der Waals surface area contributed by atoms with Gasteiger partial charge >= 0.3 is 0 Å². The quantitative estimate of drug-likeness (QED) is 0.493. The Kier molecular flexibility index (Phi) is 6.63. The second-order valence-electron chi connectivity index (χ2n) is 9.10. The van der Waals surface area contributed by atoms with Crippen LogP contribution in [0.25, 0.3) is 10.4 Å². The van der Waals surface area contributed by atoms with E-state index >= 15 is 0 Å². The van der Waals surface area contributed by atoms with Gasteiger partial charge < -0.3 is 10.0 Å². The Bertz CT molecular complexity index is 1330. The molecule has 6 nitrogen and oxygen atoms in total. The van der Waals surface area contributed by atoms with Gasteiger partial charge in [0.2, 0.25) is 0 Å². The molecule has 1 aliphatic rings. The lowest BCUT2D eigenvalue weighted by Crippen LogP contribution is -2.33. The van der Waals surface area contributed by atoms with Crippen molar-refractivity contribution >= 4 is 34.6 Å². The molecule has 0 saturated carbocycles. The fraction of sp³-hybridized carbons (Fsp3) is 0.250. The molecule has 0 spiro atoms. The number of thiophene rings is 1. The fourth-order valence-corrected chi connectivity index (χ4v) is 5.15. The standard InChI is InChI=1S/C28H28N2O4S/c1-16(2)25(31)23-24(20-8-6-7-9-21(20)27(33)29(4)5)30(28(34)26(23)32)19-13-11-18(12-14-19)22-15-10-17(3)35-22/h6-16,24,32H,1-5H3. The molecule has 0 saturated heterocycles. The third-order valence-electron chi connectivity index (χ3n) is 6.06. The first-order valence-electron chi connectivity index (χ1n) is 11.4. The second-order valence-corrected chi connectivity index (χ2v) is 10.4. The minimum absolute atomic E-state index is 0.0157. The predicted octanol–water partition coefficient (Wildman–Crippen LogP) is 5.55. The van der Waals surface area contributed by atoms with Crippen molar-refractivity contribution in [3.05, 3.63) is 88.0 Å². The average molecular weight is 489 g/mol. The molecule has 180 valence electrons. The highest BCUT2D eigenvalue weighted by Gasteiger charge is 2.46. The largest absolute Gasteiger partial charge is 0.503 e. The number of carbonyl (C=O) groups excluding carboxylic acids is 3. The van der Waals surface area contributed by atoms with Crippen LogP contribution in [0.2, 0.25) is 0 Å². The molecule has 0 fully saturated rings. The Morgan fingerprint density at radius 2 is 1.66 bits per heavy atom. The number of Topliss-reactive ketones (excluding diaryl/α,β-unsaturated/α-hetero) is 1. The van der Waals surface area contributed by atoms with E-state index in [1.54, 1.807) is 63.5 Å². The number of benzene rings is 2. The normalized spacial score (nSPS) is 15.8. The van der Waals surface area contributed by atoms with E-state index in [1.807, 2.05) is 31.2 Å². The maximum atomic E-state index is 13.4. The highest BCUT2D eigenvalue weighted by Crippen LogP contribution is 2.43. The summed E-state index contributed by atoms with van der Waals surface area (Å²) in [7, 11) is 3.30. The SMILES string of the molecule is Cc1ccc(-c2ccc(N3C(=O)C(O)=C(C(=O)C(C)C)C3c3ccccc3C(=O)N(C)C)cc2)s1. The van der Waals surface area contributed by atoms with E-state index in [4.69, 9.17) is 0 Å². The van der Waals surface area contributed by atoms with E-state index in [-0.39, 0.29) is 17.3 Å². The lowest BCUT2D eigenvalue weighted by molar-refractivity contribution is -0.119. The van der Waals surface area contributed by atoms with E-state index < -0.39 is 23.6 Å². The van der Waals surface area contributed by atoms with Gasteiger partial charge in [0.1, 0.15) is 0 Å². The summed E-state index contributed by atoms with van der Waals surface area (Å²) < 4.78 is 0. The molecule has 35 heavy (non-hydrogen) atoms. The molecule has 7 heteroatoms. The Balaban J connectivity index is 1.87. The van der Waals surface area contributed by atoms with Crippen LogP contribution in [0.1, 0.15) is 40.7 Å². The van der Waals surface area contributed by atoms with E-state index in [0.29, 0.717) is 16.8 Å². The van der Waals surface area contributed by atoms with Crippen molar-refractivity contribution < 1.29 is 19.5 Å². The van der Waals surface area contributed by atoms with Crippen molar-refractivity contribution in [1.29, 1.82) is 0 Å². The molecule has 1 N–H and O–H groups in total. The first-order chi connectivity index (χ1) is 16.6.